The van der Waals surface area contributed by atoms with Crippen LogP contribution in [0.25, 0.3) is 0 Å². The summed E-state index contributed by atoms with van der Waals surface area (Å²) in [6, 6.07) is 0. The summed E-state index contributed by atoms with van der Waals surface area (Å²) in [5, 5.41) is 0. The summed E-state index contributed by atoms with van der Waals surface area (Å²) in [7, 11) is -3.33. The van der Waals surface area contributed by atoms with E-state index in [1.165, 1.54) is 0 Å². The topological polar surface area (TPSA) is 43.4 Å². The van der Waals surface area contributed by atoms with E-state index in [1.54, 1.807) is 0 Å². The van der Waals surface area contributed by atoms with E-state index in [-0.39, 0.29) is 6.61 Å². The van der Waals surface area contributed by atoms with Crippen LogP contribution in [0.15, 0.2) is 23.8 Å². The van der Waals surface area contributed by atoms with Crippen molar-refractivity contribution in [3.05, 3.63) is 23.8 Å². The van der Waals surface area contributed by atoms with Crippen molar-refractivity contribution in [2.45, 2.75) is 12.8 Å². The second-order valence-electron chi connectivity index (χ2n) is 3.02. The lowest BCUT2D eigenvalue weighted by molar-refractivity contribution is 0.327. The highest BCUT2D eigenvalue weighted by atomic mass is 32.2. The molecule has 0 atom stereocenters. The number of hydrogen-bond donors (Lipinski definition) is 0. The maximum atomic E-state index is 10.7. The molecule has 14 heavy (non-hydrogen) atoms. The maximum absolute atomic E-state index is 10.7. The fourth-order valence-corrected chi connectivity index (χ4v) is 1.76. The van der Waals surface area contributed by atoms with E-state index >= 15 is 0 Å². The third kappa shape index (κ3) is 4.13. The van der Waals surface area contributed by atoms with Crippen molar-refractivity contribution in [1.29, 1.82) is 0 Å². The molecule has 0 aromatic heterocycles. The van der Waals surface area contributed by atoms with Gasteiger partial charge in [-0.05, 0) is 12.0 Å². The van der Waals surface area contributed by atoms with Crippen molar-refractivity contribution >= 4 is 27.2 Å². The van der Waals surface area contributed by atoms with Gasteiger partial charge in [-0.3, -0.25) is 4.18 Å². The molecule has 0 amide bonds. The van der Waals surface area contributed by atoms with Crippen LogP contribution in [0.2, 0.25) is 0 Å². The first kappa shape index (κ1) is 11.6. The number of rotatable bonds is 4. The zero-order valence-corrected chi connectivity index (χ0v) is 9.53. The smallest absolute Gasteiger partial charge is 0.264 e. The van der Waals surface area contributed by atoms with Gasteiger partial charge in [0.05, 0.1) is 12.9 Å². The zero-order valence-electron chi connectivity index (χ0n) is 7.89. The molecular formula is C9H12O3S2. The molecule has 0 aromatic rings. The Morgan fingerprint density at radius 1 is 1.57 bits per heavy atom. The van der Waals surface area contributed by atoms with E-state index in [4.69, 9.17) is 12.2 Å². The fraction of sp³-hybridized carbons (Fsp3) is 0.444. The van der Waals surface area contributed by atoms with Gasteiger partial charge >= 0.3 is 0 Å². The predicted octanol–water partition coefficient (Wildman–Crippen LogP) is 1.61. The largest absolute Gasteiger partial charge is 0.270 e. The normalized spacial score (nSPS) is 16.9. The van der Waals surface area contributed by atoms with E-state index in [0.717, 1.165) is 23.1 Å². The highest BCUT2D eigenvalue weighted by Crippen LogP contribution is 2.13. The van der Waals surface area contributed by atoms with E-state index in [0.29, 0.717) is 6.42 Å². The first-order valence-corrected chi connectivity index (χ1v) is 6.45. The van der Waals surface area contributed by atoms with Crippen molar-refractivity contribution in [1.82, 2.24) is 0 Å². The minimum atomic E-state index is -3.33. The first-order valence-electron chi connectivity index (χ1n) is 4.22. The molecule has 78 valence electrons. The van der Waals surface area contributed by atoms with Crippen LogP contribution >= 0.6 is 12.2 Å². The third-order valence-electron chi connectivity index (χ3n) is 1.76. The van der Waals surface area contributed by atoms with Gasteiger partial charge in [0, 0.05) is 11.3 Å². The van der Waals surface area contributed by atoms with Crippen LogP contribution in [0.1, 0.15) is 12.8 Å². The maximum Gasteiger partial charge on any atom is 0.264 e. The van der Waals surface area contributed by atoms with Gasteiger partial charge in [0.1, 0.15) is 0 Å². The second-order valence-corrected chi connectivity index (χ2v) is 5.16. The molecule has 3 nitrogen and oxygen atoms in total. The summed E-state index contributed by atoms with van der Waals surface area (Å²) in [6.45, 7) is 0.165. The Hall–Kier alpha value is -0.520. The summed E-state index contributed by atoms with van der Waals surface area (Å²) >= 11 is 5.11. The van der Waals surface area contributed by atoms with Crippen LogP contribution in [0.3, 0.4) is 0 Å². The van der Waals surface area contributed by atoms with E-state index in [2.05, 4.69) is 4.18 Å². The number of hydrogen-bond acceptors (Lipinski definition) is 4. The van der Waals surface area contributed by atoms with Crippen LogP contribution in [0.5, 0.6) is 0 Å². The molecule has 0 fully saturated rings. The lowest BCUT2D eigenvalue weighted by Gasteiger charge is -2.09. The predicted molar refractivity (Wildman–Crippen MR) is 59.9 cm³/mol. The molecule has 0 unspecified atom stereocenters. The van der Waals surface area contributed by atoms with Gasteiger partial charge in [0.2, 0.25) is 0 Å². The highest BCUT2D eigenvalue weighted by Gasteiger charge is 2.08. The molecule has 0 aromatic carbocycles. The minimum absolute atomic E-state index is 0.165. The first-order chi connectivity index (χ1) is 6.49. The van der Waals surface area contributed by atoms with Crippen LogP contribution < -0.4 is 0 Å². The summed E-state index contributed by atoms with van der Waals surface area (Å²) < 4.78 is 26.0. The molecular weight excluding hydrogens is 220 g/mol. The molecule has 0 bridgehead atoms. The van der Waals surface area contributed by atoms with E-state index in [1.807, 2.05) is 18.2 Å². The molecule has 0 radical (unpaired) electrons. The average Bonchev–Trinajstić information content (AvgIpc) is 2.06. The SMILES string of the molecule is CS(=O)(=O)OCCC1=CC=CCC1=S. The van der Waals surface area contributed by atoms with Crippen molar-refractivity contribution in [3.8, 4) is 0 Å². The molecule has 0 saturated heterocycles. The van der Waals surface area contributed by atoms with Crippen LogP contribution in [-0.2, 0) is 14.3 Å². The molecule has 1 aliphatic rings. The van der Waals surface area contributed by atoms with Gasteiger partial charge in [-0.1, -0.05) is 30.4 Å². The minimum Gasteiger partial charge on any atom is -0.270 e. The molecule has 0 aliphatic heterocycles. The van der Waals surface area contributed by atoms with Crippen molar-refractivity contribution in [2.24, 2.45) is 0 Å². The van der Waals surface area contributed by atoms with Crippen LogP contribution in [0, 0.1) is 0 Å². The van der Waals surface area contributed by atoms with E-state index < -0.39 is 10.1 Å². The highest BCUT2D eigenvalue weighted by molar-refractivity contribution is 7.86. The Bertz CT molecular complexity index is 377. The standard InChI is InChI=1S/C9H12O3S2/c1-14(10,11)12-7-6-8-4-2-3-5-9(8)13/h2-4H,5-7H2,1H3. The van der Waals surface area contributed by atoms with Gasteiger partial charge in [-0.15, -0.1) is 0 Å². The Morgan fingerprint density at radius 3 is 2.86 bits per heavy atom. The monoisotopic (exact) mass is 232 g/mol. The average molecular weight is 232 g/mol. The van der Waals surface area contributed by atoms with Gasteiger partial charge < -0.3 is 0 Å². The van der Waals surface area contributed by atoms with Gasteiger partial charge in [-0.25, -0.2) is 0 Å². The molecule has 0 heterocycles. The molecule has 5 heteroatoms. The Morgan fingerprint density at radius 2 is 2.29 bits per heavy atom. The Kier molecular flexibility index (Phi) is 3.97. The molecule has 0 spiro atoms. The van der Waals surface area contributed by atoms with Gasteiger partial charge in [-0.2, -0.15) is 8.42 Å². The quantitative estimate of drug-likeness (QED) is 0.545. The molecule has 1 aliphatic carbocycles. The fourth-order valence-electron chi connectivity index (χ4n) is 1.11. The van der Waals surface area contributed by atoms with Crippen molar-refractivity contribution in [3.63, 3.8) is 0 Å². The number of thiocarbonyl (C=S) groups is 1. The Balaban J connectivity index is 2.42. The lowest BCUT2D eigenvalue weighted by atomic mass is 10.0. The molecule has 1 rings (SSSR count). The Labute approximate surface area is 89.6 Å². The lowest BCUT2D eigenvalue weighted by Crippen LogP contribution is -2.08. The van der Waals surface area contributed by atoms with Crippen molar-refractivity contribution < 1.29 is 12.6 Å². The molecule has 0 saturated carbocycles. The third-order valence-corrected chi connectivity index (χ3v) is 2.79. The summed E-state index contributed by atoms with van der Waals surface area (Å²) in [5.41, 5.74) is 0.992. The van der Waals surface area contributed by atoms with Gasteiger partial charge in [0.15, 0.2) is 0 Å². The second kappa shape index (κ2) is 4.82. The summed E-state index contributed by atoms with van der Waals surface area (Å²) in [4.78, 5) is 0.865. The van der Waals surface area contributed by atoms with Crippen molar-refractivity contribution in [2.75, 3.05) is 12.9 Å². The van der Waals surface area contributed by atoms with Gasteiger partial charge in [0.25, 0.3) is 10.1 Å². The summed E-state index contributed by atoms with van der Waals surface area (Å²) in [5.74, 6) is 0. The zero-order chi connectivity index (χ0) is 10.6. The summed E-state index contributed by atoms with van der Waals surface area (Å²) in [6.07, 6.45) is 8.16. The van der Waals surface area contributed by atoms with E-state index in [9.17, 15) is 8.42 Å². The van der Waals surface area contributed by atoms with Crippen LogP contribution in [-0.4, -0.2) is 26.1 Å². The number of allylic oxidation sites excluding steroid dienone is 3. The van der Waals surface area contributed by atoms with Crippen LogP contribution in [0.4, 0.5) is 0 Å². The molecule has 0 N–H and O–H groups in total.